The predicted molar refractivity (Wildman–Crippen MR) is 128 cm³/mol. The number of amides is 1. The Hall–Kier alpha value is -1.24. The number of methoxy groups -OCH3 is 1. The molecule has 3 atom stereocenters. The zero-order valence-electron chi connectivity index (χ0n) is 19.3. The average Bonchev–Trinajstić information content (AvgIpc) is 3.40. The van der Waals surface area contributed by atoms with Gasteiger partial charge in [0.2, 0.25) is 5.91 Å². The molecule has 5 rings (SSSR count). The second-order valence-corrected chi connectivity index (χ2v) is 11.2. The summed E-state index contributed by atoms with van der Waals surface area (Å²) in [7, 11) is 1.81. The zero-order chi connectivity index (χ0) is 22.5. The molecule has 2 aliphatic carbocycles. The first-order valence-corrected chi connectivity index (χ1v) is 13.1. The van der Waals surface area contributed by atoms with Crippen molar-refractivity contribution in [3.05, 3.63) is 33.8 Å². The third-order valence-corrected chi connectivity index (χ3v) is 9.44. The number of hydrogen-bond donors (Lipinski definition) is 1. The molecule has 4 aliphatic rings. The van der Waals surface area contributed by atoms with E-state index in [-0.39, 0.29) is 29.4 Å². The lowest BCUT2D eigenvalue weighted by Crippen LogP contribution is -2.65. The molecule has 5 nitrogen and oxygen atoms in total. The SMILES string of the molecule is CCC1CC(=N)N(CC2CCCO2)C(=O)C12c1cc(Br)ccc1CC21CCC(OC)CC1. The van der Waals surface area contributed by atoms with Crippen molar-refractivity contribution in [2.75, 3.05) is 20.3 Å². The van der Waals surface area contributed by atoms with Crippen LogP contribution < -0.4 is 0 Å². The van der Waals surface area contributed by atoms with Crippen LogP contribution >= 0.6 is 15.9 Å². The van der Waals surface area contributed by atoms with Crippen molar-refractivity contribution in [3.8, 4) is 0 Å². The van der Waals surface area contributed by atoms with E-state index in [2.05, 4.69) is 41.1 Å². The molecule has 2 spiro atoms. The number of fused-ring (bicyclic) bond motifs is 3. The molecule has 1 amide bonds. The molecule has 1 aromatic rings. The molecule has 1 N–H and O–H groups in total. The van der Waals surface area contributed by atoms with Gasteiger partial charge >= 0.3 is 0 Å². The van der Waals surface area contributed by atoms with Gasteiger partial charge in [0, 0.05) is 24.6 Å². The first-order chi connectivity index (χ1) is 15.4. The molecule has 2 heterocycles. The lowest BCUT2D eigenvalue weighted by Gasteiger charge is -2.56. The number of rotatable bonds is 4. The first-order valence-electron chi connectivity index (χ1n) is 12.3. The van der Waals surface area contributed by atoms with E-state index >= 15 is 0 Å². The molecule has 2 saturated heterocycles. The number of carbonyl (C=O) groups is 1. The average molecular weight is 503 g/mol. The topological polar surface area (TPSA) is 62.6 Å². The predicted octanol–water partition coefficient (Wildman–Crippen LogP) is 5.23. The summed E-state index contributed by atoms with van der Waals surface area (Å²) < 4.78 is 12.6. The summed E-state index contributed by atoms with van der Waals surface area (Å²) in [6.45, 7) is 3.49. The number of hydrogen-bond acceptors (Lipinski definition) is 4. The van der Waals surface area contributed by atoms with Crippen LogP contribution in [0.4, 0.5) is 0 Å². The zero-order valence-corrected chi connectivity index (χ0v) is 20.9. The first kappa shape index (κ1) is 22.5. The van der Waals surface area contributed by atoms with Crippen LogP contribution in [0.5, 0.6) is 0 Å². The van der Waals surface area contributed by atoms with Gasteiger partial charge in [-0.3, -0.25) is 15.1 Å². The van der Waals surface area contributed by atoms with Crippen molar-refractivity contribution in [2.45, 2.75) is 82.3 Å². The minimum Gasteiger partial charge on any atom is -0.381 e. The van der Waals surface area contributed by atoms with Crippen LogP contribution in [-0.2, 0) is 26.1 Å². The Morgan fingerprint density at radius 2 is 2.06 bits per heavy atom. The quantitative estimate of drug-likeness (QED) is 0.612. The highest BCUT2D eigenvalue weighted by Gasteiger charge is 2.68. The lowest BCUT2D eigenvalue weighted by atomic mass is 9.49. The molecule has 1 saturated carbocycles. The smallest absolute Gasteiger partial charge is 0.239 e. The second kappa shape index (κ2) is 8.52. The Bertz CT molecular complexity index is 904. The molecular weight excluding hydrogens is 468 g/mol. The fourth-order valence-electron chi connectivity index (χ4n) is 7.45. The minimum atomic E-state index is -0.567. The normalized spacial score (nSPS) is 37.0. The molecule has 0 bridgehead atoms. The van der Waals surface area contributed by atoms with E-state index < -0.39 is 5.41 Å². The number of nitrogens with zero attached hydrogens (tertiary/aromatic N) is 1. The molecular formula is C26H35BrN2O3. The fraction of sp³-hybridized carbons (Fsp3) is 0.692. The Morgan fingerprint density at radius 3 is 2.72 bits per heavy atom. The molecule has 6 heteroatoms. The van der Waals surface area contributed by atoms with Gasteiger partial charge in [-0.1, -0.05) is 35.3 Å². The number of halogens is 1. The van der Waals surface area contributed by atoms with E-state index in [1.54, 1.807) is 0 Å². The van der Waals surface area contributed by atoms with Gasteiger partial charge in [0.15, 0.2) is 0 Å². The maximum atomic E-state index is 14.7. The van der Waals surface area contributed by atoms with Crippen molar-refractivity contribution in [1.29, 1.82) is 5.41 Å². The number of carbonyl (C=O) groups excluding carboxylic acids is 1. The van der Waals surface area contributed by atoms with Crippen molar-refractivity contribution < 1.29 is 14.3 Å². The maximum Gasteiger partial charge on any atom is 0.239 e. The van der Waals surface area contributed by atoms with E-state index in [4.69, 9.17) is 14.9 Å². The third kappa shape index (κ3) is 3.24. The molecule has 0 aromatic heterocycles. The van der Waals surface area contributed by atoms with E-state index in [9.17, 15) is 4.79 Å². The Morgan fingerprint density at radius 1 is 1.28 bits per heavy atom. The number of likely N-dealkylation sites (tertiary alicyclic amines) is 1. The number of piperidine rings is 1. The van der Waals surface area contributed by atoms with Crippen LogP contribution in [0.15, 0.2) is 22.7 Å². The molecule has 32 heavy (non-hydrogen) atoms. The number of nitrogens with one attached hydrogen (secondary N) is 1. The van der Waals surface area contributed by atoms with Crippen LogP contribution in [0.2, 0.25) is 0 Å². The monoisotopic (exact) mass is 502 g/mol. The number of amidine groups is 1. The van der Waals surface area contributed by atoms with Crippen molar-refractivity contribution in [2.24, 2.45) is 11.3 Å². The minimum absolute atomic E-state index is 0.0538. The van der Waals surface area contributed by atoms with Crippen molar-refractivity contribution in [1.82, 2.24) is 4.90 Å². The van der Waals surface area contributed by atoms with Crippen molar-refractivity contribution in [3.63, 3.8) is 0 Å². The highest BCUT2D eigenvalue weighted by molar-refractivity contribution is 9.10. The molecule has 174 valence electrons. The van der Waals surface area contributed by atoms with Crippen LogP contribution in [0.3, 0.4) is 0 Å². The summed E-state index contributed by atoms with van der Waals surface area (Å²) in [5, 5.41) is 8.83. The van der Waals surface area contributed by atoms with Gasteiger partial charge in [-0.05, 0) is 79.5 Å². The standard InChI is InChI=1S/C26H35BrN2O3/c1-3-18-13-23(28)29(16-21-5-4-12-32-21)24(30)26(18)22-14-19(27)7-6-17(22)15-25(26)10-8-20(31-2)9-11-25/h6-7,14,18,20-21,28H,3-5,8-13,15-16H2,1-2H3. The summed E-state index contributed by atoms with van der Waals surface area (Å²) >= 11 is 3.70. The second-order valence-electron chi connectivity index (χ2n) is 10.3. The van der Waals surface area contributed by atoms with Gasteiger partial charge < -0.3 is 9.47 Å². The summed E-state index contributed by atoms with van der Waals surface area (Å²) in [6.07, 6.45) is 8.88. The Kier molecular flexibility index (Phi) is 6.00. The molecule has 3 fully saturated rings. The Balaban J connectivity index is 1.64. The maximum absolute atomic E-state index is 14.7. The highest BCUT2D eigenvalue weighted by Crippen LogP contribution is 2.65. The van der Waals surface area contributed by atoms with Gasteiger partial charge in [-0.2, -0.15) is 0 Å². The van der Waals surface area contributed by atoms with Gasteiger partial charge in [0.1, 0.15) is 5.84 Å². The van der Waals surface area contributed by atoms with E-state index in [0.29, 0.717) is 18.8 Å². The summed E-state index contributed by atoms with van der Waals surface area (Å²) in [4.78, 5) is 16.5. The van der Waals surface area contributed by atoms with Crippen LogP contribution in [-0.4, -0.2) is 49.1 Å². The van der Waals surface area contributed by atoms with E-state index in [1.807, 2.05) is 12.0 Å². The van der Waals surface area contributed by atoms with Gasteiger partial charge in [-0.25, -0.2) is 0 Å². The summed E-state index contributed by atoms with van der Waals surface area (Å²) in [6, 6.07) is 6.56. The van der Waals surface area contributed by atoms with Crippen LogP contribution in [0.25, 0.3) is 0 Å². The molecule has 0 radical (unpaired) electrons. The van der Waals surface area contributed by atoms with Crippen LogP contribution in [0.1, 0.15) is 69.4 Å². The largest absolute Gasteiger partial charge is 0.381 e. The van der Waals surface area contributed by atoms with Gasteiger partial charge in [0.05, 0.1) is 24.2 Å². The third-order valence-electron chi connectivity index (χ3n) is 8.95. The molecule has 3 unspecified atom stereocenters. The Labute approximate surface area is 199 Å². The van der Waals surface area contributed by atoms with E-state index in [0.717, 1.165) is 62.4 Å². The lowest BCUT2D eigenvalue weighted by molar-refractivity contribution is -0.149. The van der Waals surface area contributed by atoms with Crippen molar-refractivity contribution >= 4 is 27.7 Å². The number of ether oxygens (including phenoxy) is 2. The summed E-state index contributed by atoms with van der Waals surface area (Å²) in [5.74, 6) is 0.786. The van der Waals surface area contributed by atoms with Gasteiger partial charge in [-0.15, -0.1) is 0 Å². The number of benzene rings is 1. The van der Waals surface area contributed by atoms with Crippen LogP contribution in [0, 0.1) is 16.7 Å². The molecule has 2 aliphatic heterocycles. The highest BCUT2D eigenvalue weighted by atomic mass is 79.9. The summed E-state index contributed by atoms with van der Waals surface area (Å²) in [5.41, 5.74) is 1.87. The van der Waals surface area contributed by atoms with E-state index in [1.165, 1.54) is 11.1 Å². The molecule has 1 aromatic carbocycles. The van der Waals surface area contributed by atoms with Gasteiger partial charge in [0.25, 0.3) is 0 Å². The fourth-order valence-corrected chi connectivity index (χ4v) is 7.81.